The van der Waals surface area contributed by atoms with Gasteiger partial charge in [0.2, 0.25) is 5.91 Å². The van der Waals surface area contributed by atoms with Gasteiger partial charge >= 0.3 is 0 Å². The third kappa shape index (κ3) is 13.6. The topological polar surface area (TPSA) is 23.6 Å². The van der Waals surface area contributed by atoms with Crippen molar-refractivity contribution in [3.8, 4) is 0 Å². The van der Waals surface area contributed by atoms with Gasteiger partial charge in [-0.15, -0.1) is 0 Å². The van der Waals surface area contributed by atoms with Crippen LogP contribution in [0.5, 0.6) is 0 Å². The van der Waals surface area contributed by atoms with Crippen molar-refractivity contribution in [3.05, 3.63) is 0 Å². The smallest absolute Gasteiger partial charge is 0.222 e. The maximum atomic E-state index is 12.0. The molecule has 0 aromatic rings. The summed E-state index contributed by atoms with van der Waals surface area (Å²) in [5, 5.41) is 0. The molecule has 0 atom stereocenters. The Morgan fingerprint density at radius 1 is 0.783 bits per heavy atom. The van der Waals surface area contributed by atoms with Crippen LogP contribution < -0.4 is 0 Å². The molecule has 0 saturated heterocycles. The van der Waals surface area contributed by atoms with Crippen LogP contribution in [0.15, 0.2) is 0 Å². The zero-order valence-electron chi connectivity index (χ0n) is 16.7. The largest absolute Gasteiger partial charge is 0.346 e. The summed E-state index contributed by atoms with van der Waals surface area (Å²) >= 11 is 0. The summed E-state index contributed by atoms with van der Waals surface area (Å²) in [6.45, 7) is 11.1. The number of hydrogen-bond donors (Lipinski definition) is 0. The van der Waals surface area contributed by atoms with Gasteiger partial charge in [0.05, 0.1) is 0 Å². The van der Waals surface area contributed by atoms with Crippen molar-refractivity contribution in [1.29, 1.82) is 0 Å². The van der Waals surface area contributed by atoms with Crippen molar-refractivity contribution in [2.75, 3.05) is 27.2 Å². The molecule has 0 aliphatic carbocycles. The molecule has 0 aromatic heterocycles. The summed E-state index contributed by atoms with van der Waals surface area (Å²) in [5.41, 5.74) is 0. The number of amides is 1. The number of carbonyl (C=O) groups is 1. The fourth-order valence-electron chi connectivity index (χ4n) is 2.66. The lowest BCUT2D eigenvalue weighted by Gasteiger charge is -2.20. The Labute approximate surface area is 145 Å². The predicted octanol–water partition coefficient (Wildman–Crippen LogP) is 4.95. The molecule has 0 radical (unpaired) electrons. The van der Waals surface area contributed by atoms with Crippen LogP contribution in [0, 0.1) is 5.92 Å². The van der Waals surface area contributed by atoms with E-state index in [0.717, 1.165) is 31.7 Å². The summed E-state index contributed by atoms with van der Waals surface area (Å²) in [6, 6.07) is 0.651. The van der Waals surface area contributed by atoms with Crippen LogP contribution in [0.4, 0.5) is 0 Å². The lowest BCUT2D eigenvalue weighted by atomic mass is 10.1. The van der Waals surface area contributed by atoms with Crippen LogP contribution in [0.2, 0.25) is 0 Å². The highest BCUT2D eigenvalue weighted by molar-refractivity contribution is 5.75. The molecule has 0 heterocycles. The first-order valence-electron chi connectivity index (χ1n) is 9.78. The van der Waals surface area contributed by atoms with Crippen LogP contribution in [0.25, 0.3) is 0 Å². The van der Waals surface area contributed by atoms with E-state index >= 15 is 0 Å². The van der Waals surface area contributed by atoms with E-state index in [-0.39, 0.29) is 0 Å². The van der Waals surface area contributed by atoms with Gasteiger partial charge in [0, 0.05) is 26.1 Å². The second kappa shape index (κ2) is 13.8. The second-order valence-corrected chi connectivity index (χ2v) is 7.80. The zero-order valence-corrected chi connectivity index (χ0v) is 16.7. The Balaban J connectivity index is 3.44. The Morgan fingerprint density at radius 3 is 1.91 bits per heavy atom. The highest BCUT2D eigenvalue weighted by Crippen LogP contribution is 2.10. The van der Waals surface area contributed by atoms with E-state index in [9.17, 15) is 4.79 Å². The average Bonchev–Trinajstić information content (AvgIpc) is 2.48. The highest BCUT2D eigenvalue weighted by atomic mass is 16.2. The van der Waals surface area contributed by atoms with E-state index in [4.69, 9.17) is 0 Å². The molecule has 3 heteroatoms. The molecule has 0 aliphatic heterocycles. The van der Waals surface area contributed by atoms with Crippen molar-refractivity contribution in [2.24, 2.45) is 5.92 Å². The van der Waals surface area contributed by atoms with Crippen molar-refractivity contribution in [3.63, 3.8) is 0 Å². The number of rotatable bonds is 14. The number of hydrogen-bond acceptors (Lipinski definition) is 2. The quantitative estimate of drug-likeness (QED) is 0.422. The SMILES string of the molecule is CC(C)CCCN(C)C(=O)CCCCCCCCN(C)C(C)C. The molecule has 0 fully saturated rings. The molecule has 0 aliphatic rings. The average molecular weight is 327 g/mol. The summed E-state index contributed by atoms with van der Waals surface area (Å²) in [5.74, 6) is 1.06. The van der Waals surface area contributed by atoms with Gasteiger partial charge < -0.3 is 9.80 Å². The first kappa shape index (κ1) is 22.4. The van der Waals surface area contributed by atoms with Crippen molar-refractivity contribution in [1.82, 2.24) is 9.80 Å². The molecule has 0 rings (SSSR count). The summed E-state index contributed by atoms with van der Waals surface area (Å²) in [4.78, 5) is 16.3. The molecule has 0 saturated carbocycles. The van der Waals surface area contributed by atoms with Crippen molar-refractivity contribution >= 4 is 5.91 Å². The summed E-state index contributed by atoms with van der Waals surface area (Å²) in [6.07, 6.45) is 10.5. The molecule has 138 valence electrons. The van der Waals surface area contributed by atoms with Crippen LogP contribution in [0.1, 0.15) is 85.5 Å². The van der Waals surface area contributed by atoms with Gasteiger partial charge in [-0.3, -0.25) is 4.79 Å². The maximum Gasteiger partial charge on any atom is 0.222 e. The normalized spacial score (nSPS) is 11.7. The van der Waals surface area contributed by atoms with E-state index in [1.807, 2.05) is 11.9 Å². The third-order valence-corrected chi connectivity index (χ3v) is 4.73. The highest BCUT2D eigenvalue weighted by Gasteiger charge is 2.08. The number of nitrogens with zero attached hydrogens (tertiary/aromatic N) is 2. The van der Waals surface area contributed by atoms with Crippen LogP contribution in [-0.4, -0.2) is 48.9 Å². The first-order chi connectivity index (χ1) is 10.8. The summed E-state index contributed by atoms with van der Waals surface area (Å²) < 4.78 is 0. The lowest BCUT2D eigenvalue weighted by Crippen LogP contribution is -2.27. The molecule has 0 aromatic carbocycles. The minimum Gasteiger partial charge on any atom is -0.346 e. The molecular weight excluding hydrogens is 284 g/mol. The number of unbranched alkanes of at least 4 members (excludes halogenated alkanes) is 5. The van der Waals surface area contributed by atoms with Gasteiger partial charge in [-0.05, 0) is 59.0 Å². The molecule has 0 bridgehead atoms. The van der Waals surface area contributed by atoms with Gasteiger partial charge in [0.25, 0.3) is 0 Å². The van der Waals surface area contributed by atoms with Gasteiger partial charge in [-0.2, -0.15) is 0 Å². The molecule has 1 amide bonds. The van der Waals surface area contributed by atoms with Crippen molar-refractivity contribution in [2.45, 2.75) is 91.5 Å². The van der Waals surface area contributed by atoms with Crippen LogP contribution >= 0.6 is 0 Å². The van der Waals surface area contributed by atoms with Gasteiger partial charge in [-0.25, -0.2) is 0 Å². The molecule has 0 unspecified atom stereocenters. The summed E-state index contributed by atoms with van der Waals surface area (Å²) in [7, 11) is 4.15. The first-order valence-corrected chi connectivity index (χ1v) is 9.78. The number of carbonyl (C=O) groups excluding carboxylic acids is 1. The standard InChI is InChI=1S/C20H42N2O/c1-18(2)14-13-17-22(6)20(23)15-11-9-7-8-10-12-16-21(5)19(3)4/h18-19H,7-17H2,1-6H3. The van der Waals surface area contributed by atoms with E-state index < -0.39 is 0 Å². The fraction of sp³-hybridized carbons (Fsp3) is 0.950. The predicted molar refractivity (Wildman–Crippen MR) is 102 cm³/mol. The Hall–Kier alpha value is -0.570. The van der Waals surface area contributed by atoms with Crippen LogP contribution in [-0.2, 0) is 4.79 Å². The van der Waals surface area contributed by atoms with E-state index in [0.29, 0.717) is 11.9 Å². The van der Waals surface area contributed by atoms with Crippen LogP contribution in [0.3, 0.4) is 0 Å². The van der Waals surface area contributed by atoms with Gasteiger partial charge in [0.1, 0.15) is 0 Å². The molecule has 23 heavy (non-hydrogen) atoms. The fourth-order valence-corrected chi connectivity index (χ4v) is 2.66. The monoisotopic (exact) mass is 326 g/mol. The second-order valence-electron chi connectivity index (χ2n) is 7.80. The minimum atomic E-state index is 0.326. The zero-order chi connectivity index (χ0) is 17.7. The third-order valence-electron chi connectivity index (χ3n) is 4.73. The van der Waals surface area contributed by atoms with E-state index in [1.54, 1.807) is 0 Å². The van der Waals surface area contributed by atoms with E-state index in [2.05, 4.69) is 39.6 Å². The maximum absolute atomic E-state index is 12.0. The minimum absolute atomic E-state index is 0.326. The Morgan fingerprint density at radius 2 is 1.35 bits per heavy atom. The Kier molecular flexibility index (Phi) is 13.5. The molecule has 0 N–H and O–H groups in total. The van der Waals surface area contributed by atoms with Crippen molar-refractivity contribution < 1.29 is 4.79 Å². The molecule has 3 nitrogen and oxygen atoms in total. The van der Waals surface area contributed by atoms with Gasteiger partial charge in [-0.1, -0.05) is 39.5 Å². The molecular formula is C20H42N2O. The van der Waals surface area contributed by atoms with E-state index in [1.165, 1.54) is 45.1 Å². The molecule has 0 spiro atoms. The Bertz CT molecular complexity index is 289. The van der Waals surface area contributed by atoms with Gasteiger partial charge in [0.15, 0.2) is 0 Å². The lowest BCUT2D eigenvalue weighted by molar-refractivity contribution is -0.130.